The van der Waals surface area contributed by atoms with Crippen molar-refractivity contribution in [2.75, 3.05) is 0 Å². The number of ketones is 1. The molecule has 94 valence electrons. The summed E-state index contributed by atoms with van der Waals surface area (Å²) in [6, 6.07) is 5.94. The Hall–Kier alpha value is -1.35. The molecule has 0 saturated carbocycles. The number of nitrogens with zero attached hydrogens (tertiary/aromatic N) is 1. The summed E-state index contributed by atoms with van der Waals surface area (Å²) < 4.78 is 2.34. The predicted octanol–water partition coefficient (Wildman–Crippen LogP) is 3.82. The second-order valence-electron chi connectivity index (χ2n) is 4.91. The lowest BCUT2D eigenvalue weighted by molar-refractivity contribution is 0.104. The van der Waals surface area contributed by atoms with E-state index < -0.39 is 0 Å². The van der Waals surface area contributed by atoms with E-state index in [0.29, 0.717) is 0 Å². The van der Waals surface area contributed by atoms with Crippen LogP contribution in [0.5, 0.6) is 0 Å². The average Bonchev–Trinajstić information content (AvgIpc) is 2.92. The third kappa shape index (κ3) is 1.93. The Balaban J connectivity index is 2.05. The van der Waals surface area contributed by atoms with Gasteiger partial charge in [-0.1, -0.05) is 12.5 Å². The monoisotopic (exact) mass is 259 g/mol. The topological polar surface area (TPSA) is 22.0 Å². The maximum absolute atomic E-state index is 12.5. The standard InChI is InChI=1S/C15H17NOS/c1-11-10-12(15(17)14-7-5-9-18-14)13-6-3-2-4-8-16(11)13/h5,7,9-10H,2-4,6,8H2,1H3. The summed E-state index contributed by atoms with van der Waals surface area (Å²) in [5.74, 6) is 0.198. The van der Waals surface area contributed by atoms with E-state index in [2.05, 4.69) is 17.6 Å². The minimum absolute atomic E-state index is 0.198. The van der Waals surface area contributed by atoms with Gasteiger partial charge in [0.05, 0.1) is 4.88 Å². The van der Waals surface area contributed by atoms with Gasteiger partial charge in [-0.3, -0.25) is 4.79 Å². The molecule has 0 aliphatic carbocycles. The Morgan fingerprint density at radius 3 is 3.00 bits per heavy atom. The zero-order valence-electron chi connectivity index (χ0n) is 10.6. The van der Waals surface area contributed by atoms with Crippen LogP contribution >= 0.6 is 11.3 Å². The van der Waals surface area contributed by atoms with Gasteiger partial charge in [-0.15, -0.1) is 11.3 Å². The first-order chi connectivity index (χ1) is 8.77. The molecule has 0 spiro atoms. The summed E-state index contributed by atoms with van der Waals surface area (Å²) in [6.07, 6.45) is 4.75. The van der Waals surface area contributed by atoms with Crippen LogP contribution in [0.1, 0.15) is 45.9 Å². The molecule has 2 aromatic heterocycles. The smallest absolute Gasteiger partial charge is 0.204 e. The van der Waals surface area contributed by atoms with Crippen molar-refractivity contribution < 1.29 is 4.79 Å². The zero-order valence-corrected chi connectivity index (χ0v) is 11.4. The molecular weight excluding hydrogens is 242 g/mol. The van der Waals surface area contributed by atoms with E-state index in [1.54, 1.807) is 0 Å². The zero-order chi connectivity index (χ0) is 12.5. The van der Waals surface area contributed by atoms with Gasteiger partial charge in [0.2, 0.25) is 5.78 Å². The maximum atomic E-state index is 12.5. The Bertz CT molecular complexity index is 566. The first kappa shape index (κ1) is 11.7. The van der Waals surface area contributed by atoms with Crippen molar-refractivity contribution in [1.82, 2.24) is 4.57 Å². The van der Waals surface area contributed by atoms with E-state index >= 15 is 0 Å². The van der Waals surface area contributed by atoms with Gasteiger partial charge in [0.1, 0.15) is 0 Å². The van der Waals surface area contributed by atoms with Crippen LogP contribution < -0.4 is 0 Å². The molecule has 0 atom stereocenters. The lowest BCUT2D eigenvalue weighted by Gasteiger charge is -2.07. The fourth-order valence-corrected chi connectivity index (χ4v) is 3.46. The highest BCUT2D eigenvalue weighted by Crippen LogP contribution is 2.26. The molecule has 0 fully saturated rings. The summed E-state index contributed by atoms with van der Waals surface area (Å²) in [5.41, 5.74) is 3.41. The molecule has 18 heavy (non-hydrogen) atoms. The Kier molecular flexibility index (Phi) is 3.08. The molecular formula is C15H17NOS. The number of thiophene rings is 1. The lowest BCUT2D eigenvalue weighted by Crippen LogP contribution is -2.06. The fourth-order valence-electron chi connectivity index (χ4n) is 2.79. The van der Waals surface area contributed by atoms with Crippen LogP contribution in [0.2, 0.25) is 0 Å². The number of rotatable bonds is 2. The van der Waals surface area contributed by atoms with Gasteiger partial charge in [0.25, 0.3) is 0 Å². The van der Waals surface area contributed by atoms with E-state index in [0.717, 1.165) is 23.4 Å². The maximum Gasteiger partial charge on any atom is 0.204 e. The molecule has 0 bridgehead atoms. The van der Waals surface area contributed by atoms with Crippen LogP contribution in [0.4, 0.5) is 0 Å². The van der Waals surface area contributed by atoms with Crippen molar-refractivity contribution in [3.05, 3.63) is 45.4 Å². The molecule has 3 heteroatoms. The highest BCUT2D eigenvalue weighted by atomic mass is 32.1. The molecule has 0 saturated heterocycles. The molecule has 0 amide bonds. The van der Waals surface area contributed by atoms with Gasteiger partial charge in [0, 0.05) is 23.5 Å². The quantitative estimate of drug-likeness (QED) is 0.752. The summed E-state index contributed by atoms with van der Waals surface area (Å²) in [6.45, 7) is 3.18. The minimum atomic E-state index is 0.198. The highest BCUT2D eigenvalue weighted by Gasteiger charge is 2.21. The Labute approximate surface area is 111 Å². The summed E-state index contributed by atoms with van der Waals surface area (Å²) >= 11 is 1.53. The number of fused-ring (bicyclic) bond motifs is 1. The summed E-state index contributed by atoms with van der Waals surface area (Å²) in [7, 11) is 0. The van der Waals surface area contributed by atoms with Gasteiger partial charge < -0.3 is 4.57 Å². The van der Waals surface area contributed by atoms with Crippen molar-refractivity contribution in [2.24, 2.45) is 0 Å². The van der Waals surface area contributed by atoms with E-state index in [9.17, 15) is 4.79 Å². The third-order valence-electron chi connectivity index (χ3n) is 3.70. The van der Waals surface area contributed by atoms with Crippen molar-refractivity contribution in [1.29, 1.82) is 0 Å². The molecule has 1 aliphatic heterocycles. The van der Waals surface area contributed by atoms with Crippen LogP contribution in [0.15, 0.2) is 23.6 Å². The second-order valence-corrected chi connectivity index (χ2v) is 5.86. The van der Waals surface area contributed by atoms with Gasteiger partial charge in [0.15, 0.2) is 0 Å². The Morgan fingerprint density at radius 2 is 2.22 bits per heavy atom. The number of carbonyl (C=O) groups excluding carboxylic acids is 1. The van der Waals surface area contributed by atoms with Crippen molar-refractivity contribution >= 4 is 17.1 Å². The largest absolute Gasteiger partial charge is 0.348 e. The summed E-state index contributed by atoms with van der Waals surface area (Å²) in [5, 5.41) is 1.97. The second kappa shape index (κ2) is 4.73. The molecule has 1 aliphatic rings. The number of hydrogen-bond acceptors (Lipinski definition) is 2. The average molecular weight is 259 g/mol. The molecule has 0 aromatic carbocycles. The van der Waals surface area contributed by atoms with Gasteiger partial charge in [-0.2, -0.15) is 0 Å². The first-order valence-electron chi connectivity index (χ1n) is 6.54. The molecule has 0 unspecified atom stereocenters. The Morgan fingerprint density at radius 1 is 1.33 bits per heavy atom. The molecule has 0 radical (unpaired) electrons. The van der Waals surface area contributed by atoms with Crippen LogP contribution in [0, 0.1) is 6.92 Å². The van der Waals surface area contributed by atoms with E-state index in [1.807, 2.05) is 17.5 Å². The van der Waals surface area contributed by atoms with E-state index in [-0.39, 0.29) is 5.78 Å². The van der Waals surface area contributed by atoms with Crippen LogP contribution in [-0.4, -0.2) is 10.4 Å². The van der Waals surface area contributed by atoms with Gasteiger partial charge in [-0.25, -0.2) is 0 Å². The van der Waals surface area contributed by atoms with Crippen LogP contribution in [0.25, 0.3) is 0 Å². The van der Waals surface area contributed by atoms with E-state index in [1.165, 1.54) is 42.0 Å². The number of aromatic nitrogens is 1. The van der Waals surface area contributed by atoms with Crippen molar-refractivity contribution in [2.45, 2.75) is 39.2 Å². The van der Waals surface area contributed by atoms with Crippen molar-refractivity contribution in [3.8, 4) is 0 Å². The normalized spacial score (nSPS) is 15.2. The van der Waals surface area contributed by atoms with E-state index in [4.69, 9.17) is 0 Å². The molecule has 2 nitrogen and oxygen atoms in total. The molecule has 0 N–H and O–H groups in total. The molecule has 3 rings (SSSR count). The van der Waals surface area contributed by atoms with Crippen LogP contribution in [-0.2, 0) is 13.0 Å². The molecule has 2 aromatic rings. The number of aryl methyl sites for hydroxylation is 1. The highest BCUT2D eigenvalue weighted by molar-refractivity contribution is 7.12. The van der Waals surface area contributed by atoms with Crippen LogP contribution in [0.3, 0.4) is 0 Å². The van der Waals surface area contributed by atoms with Gasteiger partial charge >= 0.3 is 0 Å². The predicted molar refractivity (Wildman–Crippen MR) is 74.5 cm³/mol. The summed E-state index contributed by atoms with van der Waals surface area (Å²) in [4.78, 5) is 13.4. The number of carbonyl (C=O) groups is 1. The SMILES string of the molecule is Cc1cc(C(=O)c2cccs2)c2n1CCCCC2. The molecule has 3 heterocycles. The lowest BCUT2D eigenvalue weighted by atomic mass is 10.1. The first-order valence-corrected chi connectivity index (χ1v) is 7.42. The number of hydrogen-bond donors (Lipinski definition) is 0. The van der Waals surface area contributed by atoms with Gasteiger partial charge in [-0.05, 0) is 43.7 Å². The minimum Gasteiger partial charge on any atom is -0.348 e. The fraction of sp³-hybridized carbons (Fsp3) is 0.400. The van der Waals surface area contributed by atoms with Crippen molar-refractivity contribution in [3.63, 3.8) is 0 Å². The third-order valence-corrected chi connectivity index (χ3v) is 4.57.